The lowest BCUT2D eigenvalue weighted by Crippen LogP contribution is -2.40. The molecule has 1 aromatic rings. The molecule has 1 rings (SSSR count). The number of alkyl halides is 3. The molecule has 0 saturated carbocycles. The highest BCUT2D eigenvalue weighted by Gasteiger charge is 2.38. The van der Waals surface area contributed by atoms with Crippen LogP contribution < -0.4 is 11.1 Å². The first-order chi connectivity index (χ1) is 8.21. The molecule has 1 atom stereocenters. The second kappa shape index (κ2) is 5.45. The second-order valence-electron chi connectivity index (χ2n) is 3.51. The van der Waals surface area contributed by atoms with Crippen molar-refractivity contribution in [1.29, 1.82) is 0 Å². The maximum Gasteiger partial charge on any atom is 0.416 e. The molecule has 0 heterocycles. The number of halogens is 4. The molecule has 4 nitrogen and oxygen atoms in total. The Morgan fingerprint density at radius 2 is 2.11 bits per heavy atom. The Hall–Kier alpha value is -1.47. The molecule has 0 spiro atoms. The van der Waals surface area contributed by atoms with E-state index in [-0.39, 0.29) is 10.6 Å². The molecule has 0 aliphatic rings. The topological polar surface area (TPSA) is 75.4 Å². The molecular weight excluding hydrogens is 273 g/mol. The van der Waals surface area contributed by atoms with Gasteiger partial charge >= 0.3 is 6.18 Å². The predicted molar refractivity (Wildman–Crippen MR) is 60.3 cm³/mol. The Bertz CT molecular complexity index is 451. The van der Waals surface area contributed by atoms with Gasteiger partial charge in [0.15, 0.2) is 6.10 Å². The minimum Gasteiger partial charge on any atom is -0.399 e. The summed E-state index contributed by atoms with van der Waals surface area (Å²) in [4.78, 5) is 11.5. The van der Waals surface area contributed by atoms with Crippen molar-refractivity contribution >= 4 is 23.2 Å². The van der Waals surface area contributed by atoms with Gasteiger partial charge in [-0.3, -0.25) is 4.79 Å². The van der Waals surface area contributed by atoms with Crippen LogP contribution in [-0.2, 0) is 0 Å². The maximum atomic E-state index is 12.0. The zero-order chi connectivity index (χ0) is 13.9. The third-order valence-electron chi connectivity index (χ3n) is 2.07. The Kier molecular flexibility index (Phi) is 4.42. The van der Waals surface area contributed by atoms with E-state index in [1.165, 1.54) is 18.2 Å². The molecule has 1 aromatic carbocycles. The first kappa shape index (κ1) is 14.6. The lowest BCUT2D eigenvalue weighted by atomic mass is 10.2. The summed E-state index contributed by atoms with van der Waals surface area (Å²) >= 11 is 5.70. The van der Waals surface area contributed by atoms with Gasteiger partial charge in [-0.25, -0.2) is 0 Å². The summed E-state index contributed by atoms with van der Waals surface area (Å²) in [5, 5.41) is 10.7. The maximum absolute atomic E-state index is 12.0. The zero-order valence-corrected chi connectivity index (χ0v) is 9.72. The molecule has 0 aliphatic heterocycles. The molecule has 1 unspecified atom stereocenters. The number of benzene rings is 1. The van der Waals surface area contributed by atoms with Crippen molar-refractivity contribution in [3.8, 4) is 0 Å². The molecule has 0 aromatic heterocycles. The third kappa shape index (κ3) is 3.78. The summed E-state index contributed by atoms with van der Waals surface area (Å²) in [5.41, 5.74) is 5.71. The van der Waals surface area contributed by atoms with Gasteiger partial charge in [0.25, 0.3) is 5.91 Å². The van der Waals surface area contributed by atoms with Gasteiger partial charge in [0.1, 0.15) is 0 Å². The Morgan fingerprint density at radius 1 is 1.50 bits per heavy atom. The average molecular weight is 283 g/mol. The molecule has 8 heteroatoms. The van der Waals surface area contributed by atoms with Crippen LogP contribution in [-0.4, -0.2) is 29.8 Å². The lowest BCUT2D eigenvalue weighted by Gasteiger charge is -2.15. The van der Waals surface area contributed by atoms with E-state index < -0.39 is 24.7 Å². The number of hydrogen-bond donors (Lipinski definition) is 3. The van der Waals surface area contributed by atoms with Gasteiger partial charge in [-0.05, 0) is 18.2 Å². The van der Waals surface area contributed by atoms with Gasteiger partial charge in [0.2, 0.25) is 0 Å². The van der Waals surface area contributed by atoms with Gasteiger partial charge in [0.05, 0.1) is 17.1 Å². The molecule has 0 radical (unpaired) electrons. The number of anilines is 1. The molecular formula is C10H10ClF3N2O2. The van der Waals surface area contributed by atoms with Crippen LogP contribution in [0.3, 0.4) is 0 Å². The highest BCUT2D eigenvalue weighted by Crippen LogP contribution is 2.21. The number of nitrogen functional groups attached to an aromatic ring is 1. The monoisotopic (exact) mass is 282 g/mol. The van der Waals surface area contributed by atoms with Crippen molar-refractivity contribution in [3.05, 3.63) is 28.8 Å². The number of carbonyl (C=O) groups excluding carboxylic acids is 1. The third-order valence-corrected chi connectivity index (χ3v) is 2.38. The van der Waals surface area contributed by atoms with E-state index in [9.17, 15) is 18.0 Å². The average Bonchev–Trinajstić information content (AvgIpc) is 2.24. The Balaban J connectivity index is 2.66. The van der Waals surface area contributed by atoms with E-state index in [1.807, 2.05) is 5.32 Å². The standard InChI is InChI=1S/C10H10ClF3N2O2/c11-7-3-5(15)1-2-6(7)9(18)16-4-8(17)10(12,13)14/h1-3,8,17H,4,15H2,(H,16,18). The van der Waals surface area contributed by atoms with Crippen LogP contribution in [0.5, 0.6) is 0 Å². The molecule has 0 saturated heterocycles. The van der Waals surface area contributed by atoms with Crippen LogP contribution in [0.4, 0.5) is 18.9 Å². The highest BCUT2D eigenvalue weighted by atomic mass is 35.5. The summed E-state index contributed by atoms with van der Waals surface area (Å²) in [6, 6.07) is 3.98. The number of amides is 1. The summed E-state index contributed by atoms with van der Waals surface area (Å²) in [7, 11) is 0. The van der Waals surface area contributed by atoms with Crippen molar-refractivity contribution in [2.24, 2.45) is 0 Å². The summed E-state index contributed by atoms with van der Waals surface area (Å²) in [5.74, 6) is -0.816. The molecule has 100 valence electrons. The minimum absolute atomic E-state index is 0.0137. The first-order valence-corrected chi connectivity index (χ1v) is 5.17. The Morgan fingerprint density at radius 3 is 2.61 bits per heavy atom. The predicted octanol–water partition coefficient (Wildman–Crippen LogP) is 1.58. The fourth-order valence-electron chi connectivity index (χ4n) is 1.12. The number of aliphatic hydroxyl groups is 1. The van der Waals surface area contributed by atoms with Gasteiger partial charge < -0.3 is 16.2 Å². The van der Waals surface area contributed by atoms with Crippen LogP contribution in [0.2, 0.25) is 5.02 Å². The minimum atomic E-state index is -4.78. The summed E-state index contributed by atoms with van der Waals surface area (Å²) in [6.45, 7) is -0.941. The van der Waals surface area contributed by atoms with Gasteiger partial charge in [-0.15, -0.1) is 0 Å². The Labute approximate surface area is 106 Å². The largest absolute Gasteiger partial charge is 0.416 e. The molecule has 0 aliphatic carbocycles. The smallest absolute Gasteiger partial charge is 0.399 e. The van der Waals surface area contributed by atoms with Gasteiger partial charge in [-0.2, -0.15) is 13.2 Å². The molecule has 0 bridgehead atoms. The van der Waals surface area contributed by atoms with Crippen LogP contribution >= 0.6 is 11.6 Å². The quantitative estimate of drug-likeness (QED) is 0.737. The van der Waals surface area contributed by atoms with Crippen LogP contribution in [0.25, 0.3) is 0 Å². The summed E-state index contributed by atoms with van der Waals surface area (Å²) < 4.78 is 36.0. The van der Waals surface area contributed by atoms with Crippen molar-refractivity contribution in [3.63, 3.8) is 0 Å². The van der Waals surface area contributed by atoms with Crippen LogP contribution in [0.1, 0.15) is 10.4 Å². The second-order valence-corrected chi connectivity index (χ2v) is 3.91. The summed E-state index contributed by atoms with van der Waals surface area (Å²) in [6.07, 6.45) is -7.40. The van der Waals surface area contributed by atoms with E-state index >= 15 is 0 Å². The van der Waals surface area contributed by atoms with Crippen molar-refractivity contribution in [2.45, 2.75) is 12.3 Å². The van der Waals surface area contributed by atoms with Crippen molar-refractivity contribution < 1.29 is 23.1 Å². The van der Waals surface area contributed by atoms with Crippen molar-refractivity contribution in [2.75, 3.05) is 12.3 Å². The van der Waals surface area contributed by atoms with Crippen LogP contribution in [0, 0.1) is 0 Å². The van der Waals surface area contributed by atoms with Crippen molar-refractivity contribution in [1.82, 2.24) is 5.32 Å². The highest BCUT2D eigenvalue weighted by molar-refractivity contribution is 6.34. The number of rotatable bonds is 3. The van der Waals surface area contributed by atoms with Crippen LogP contribution in [0.15, 0.2) is 18.2 Å². The number of carbonyl (C=O) groups is 1. The number of hydrogen-bond acceptors (Lipinski definition) is 3. The zero-order valence-electron chi connectivity index (χ0n) is 8.96. The van der Waals surface area contributed by atoms with Gasteiger partial charge in [0, 0.05) is 5.69 Å². The molecule has 0 fully saturated rings. The SMILES string of the molecule is Nc1ccc(C(=O)NCC(O)C(F)(F)F)c(Cl)c1. The molecule has 4 N–H and O–H groups in total. The fourth-order valence-corrected chi connectivity index (χ4v) is 1.39. The van der Waals surface area contributed by atoms with E-state index in [2.05, 4.69) is 0 Å². The first-order valence-electron chi connectivity index (χ1n) is 4.80. The number of nitrogens with one attached hydrogen (secondary N) is 1. The van der Waals surface area contributed by atoms with Gasteiger partial charge in [-0.1, -0.05) is 11.6 Å². The van der Waals surface area contributed by atoms with E-state index in [1.54, 1.807) is 0 Å². The van der Waals surface area contributed by atoms with E-state index in [0.717, 1.165) is 0 Å². The fraction of sp³-hybridized carbons (Fsp3) is 0.300. The molecule has 1 amide bonds. The lowest BCUT2D eigenvalue weighted by molar-refractivity contribution is -0.201. The van der Waals surface area contributed by atoms with E-state index in [0.29, 0.717) is 5.69 Å². The van der Waals surface area contributed by atoms with E-state index in [4.69, 9.17) is 22.4 Å². The molecule has 18 heavy (non-hydrogen) atoms. The number of nitrogens with two attached hydrogens (primary N) is 1. The number of aliphatic hydroxyl groups excluding tert-OH is 1. The normalized spacial score (nSPS) is 13.2.